The number of ether oxygens (including phenoxy) is 2. The minimum Gasteiger partial charge on any atom is -0.481 e. The summed E-state index contributed by atoms with van der Waals surface area (Å²) in [6, 6.07) is -0.872. The fourth-order valence-electron chi connectivity index (χ4n) is 2.97. The van der Waals surface area contributed by atoms with Gasteiger partial charge in [-0.15, -0.1) is 0 Å². The van der Waals surface area contributed by atoms with E-state index in [0.29, 0.717) is 0 Å². The van der Waals surface area contributed by atoms with Crippen molar-refractivity contribution in [3.05, 3.63) is 0 Å². The van der Waals surface area contributed by atoms with Crippen LogP contribution in [0.5, 0.6) is 0 Å². The molecule has 0 radical (unpaired) electrons. The third kappa shape index (κ3) is 2.72. The second kappa shape index (κ2) is 5.46. The summed E-state index contributed by atoms with van der Waals surface area (Å²) in [6.45, 7) is 5.98. The standard InChI is InChI=1S/C14H24N2O5/c1-13(2)8(5-10(13)20-4)15-12(19)16-9-6-21-7-14(9,3)11(17)18/h8-10H,5-7H2,1-4H3,(H,17,18)(H2,15,16,19). The first kappa shape index (κ1) is 16.0. The number of amides is 2. The van der Waals surface area contributed by atoms with Crippen LogP contribution in [0.2, 0.25) is 0 Å². The molecule has 0 aromatic rings. The van der Waals surface area contributed by atoms with Gasteiger partial charge in [0.05, 0.1) is 25.4 Å². The predicted octanol–water partition coefficient (Wildman–Crippen LogP) is 0.589. The molecule has 1 aliphatic heterocycles. The smallest absolute Gasteiger partial charge is 0.315 e. The van der Waals surface area contributed by atoms with Crippen LogP contribution in [-0.2, 0) is 14.3 Å². The molecule has 0 aromatic heterocycles. The molecule has 3 N–H and O–H groups in total. The van der Waals surface area contributed by atoms with Crippen molar-refractivity contribution in [3.8, 4) is 0 Å². The van der Waals surface area contributed by atoms with E-state index in [0.717, 1.165) is 6.42 Å². The van der Waals surface area contributed by atoms with Crippen molar-refractivity contribution in [2.75, 3.05) is 20.3 Å². The van der Waals surface area contributed by atoms with E-state index in [1.165, 1.54) is 0 Å². The molecule has 1 heterocycles. The highest BCUT2D eigenvalue weighted by molar-refractivity contribution is 5.79. The van der Waals surface area contributed by atoms with Gasteiger partial charge < -0.3 is 25.2 Å². The Hall–Kier alpha value is -1.34. The Morgan fingerprint density at radius 3 is 2.38 bits per heavy atom. The van der Waals surface area contributed by atoms with E-state index in [9.17, 15) is 14.7 Å². The van der Waals surface area contributed by atoms with Crippen molar-refractivity contribution in [2.24, 2.45) is 10.8 Å². The van der Waals surface area contributed by atoms with Crippen LogP contribution in [0.1, 0.15) is 27.2 Å². The molecule has 2 fully saturated rings. The Balaban J connectivity index is 1.90. The maximum Gasteiger partial charge on any atom is 0.315 e. The lowest BCUT2D eigenvalue weighted by Crippen LogP contribution is -2.64. The number of carboxylic acids is 1. The molecule has 120 valence electrons. The molecule has 4 atom stereocenters. The van der Waals surface area contributed by atoms with Crippen LogP contribution in [0.3, 0.4) is 0 Å². The molecule has 0 bridgehead atoms. The van der Waals surface area contributed by atoms with Gasteiger partial charge in [0, 0.05) is 18.6 Å². The monoisotopic (exact) mass is 300 g/mol. The molecule has 2 rings (SSSR count). The lowest BCUT2D eigenvalue weighted by Gasteiger charge is -2.51. The van der Waals surface area contributed by atoms with E-state index in [1.807, 2.05) is 13.8 Å². The van der Waals surface area contributed by atoms with Crippen molar-refractivity contribution < 1.29 is 24.2 Å². The lowest BCUT2D eigenvalue weighted by molar-refractivity contribution is -0.148. The van der Waals surface area contributed by atoms with Gasteiger partial charge in [0.2, 0.25) is 0 Å². The Morgan fingerprint density at radius 1 is 1.24 bits per heavy atom. The number of hydrogen-bond donors (Lipinski definition) is 3. The number of carbonyl (C=O) groups excluding carboxylic acids is 1. The van der Waals surface area contributed by atoms with Crippen LogP contribution in [0, 0.1) is 10.8 Å². The minimum atomic E-state index is -1.08. The number of nitrogens with one attached hydrogen (secondary N) is 2. The summed E-state index contributed by atoms with van der Waals surface area (Å²) >= 11 is 0. The van der Waals surface area contributed by atoms with E-state index in [4.69, 9.17) is 9.47 Å². The second-order valence-corrected chi connectivity index (χ2v) is 6.74. The van der Waals surface area contributed by atoms with Crippen LogP contribution < -0.4 is 10.6 Å². The highest BCUT2D eigenvalue weighted by atomic mass is 16.5. The maximum absolute atomic E-state index is 12.1. The zero-order valence-corrected chi connectivity index (χ0v) is 12.9. The third-order valence-corrected chi connectivity index (χ3v) is 5.02. The van der Waals surface area contributed by atoms with Gasteiger partial charge >= 0.3 is 12.0 Å². The molecular formula is C14H24N2O5. The van der Waals surface area contributed by atoms with Gasteiger partial charge in [-0.25, -0.2) is 4.79 Å². The van der Waals surface area contributed by atoms with Gasteiger partial charge in [-0.1, -0.05) is 13.8 Å². The van der Waals surface area contributed by atoms with Crippen LogP contribution in [0.25, 0.3) is 0 Å². The molecule has 1 saturated carbocycles. The van der Waals surface area contributed by atoms with Gasteiger partial charge in [-0.05, 0) is 13.3 Å². The van der Waals surface area contributed by atoms with Crippen LogP contribution >= 0.6 is 0 Å². The van der Waals surface area contributed by atoms with Crippen molar-refractivity contribution in [1.29, 1.82) is 0 Å². The van der Waals surface area contributed by atoms with E-state index < -0.39 is 17.4 Å². The number of urea groups is 1. The molecule has 21 heavy (non-hydrogen) atoms. The van der Waals surface area contributed by atoms with Crippen molar-refractivity contribution >= 4 is 12.0 Å². The normalized spacial score (nSPS) is 37.6. The molecule has 2 aliphatic rings. The lowest BCUT2D eigenvalue weighted by atomic mass is 9.64. The summed E-state index contributed by atoms with van der Waals surface area (Å²) in [5, 5.41) is 14.9. The Morgan fingerprint density at radius 2 is 1.86 bits per heavy atom. The topological polar surface area (TPSA) is 96.9 Å². The zero-order chi connectivity index (χ0) is 15.8. The molecule has 4 unspecified atom stereocenters. The predicted molar refractivity (Wildman–Crippen MR) is 75.0 cm³/mol. The van der Waals surface area contributed by atoms with E-state index >= 15 is 0 Å². The van der Waals surface area contributed by atoms with Crippen LogP contribution in [0.15, 0.2) is 0 Å². The summed E-state index contributed by atoms with van der Waals surface area (Å²) in [4.78, 5) is 23.4. The number of aliphatic carboxylic acids is 1. The minimum absolute atomic E-state index is 0.0147. The first-order valence-corrected chi connectivity index (χ1v) is 7.12. The summed E-state index contributed by atoms with van der Waals surface area (Å²) < 4.78 is 10.6. The fraction of sp³-hybridized carbons (Fsp3) is 0.857. The second-order valence-electron chi connectivity index (χ2n) is 6.74. The molecule has 7 heteroatoms. The summed E-state index contributed by atoms with van der Waals surface area (Å²) in [5.41, 5.74) is -1.21. The van der Waals surface area contributed by atoms with Crippen molar-refractivity contribution in [2.45, 2.75) is 45.4 Å². The first-order chi connectivity index (χ1) is 9.71. The molecule has 2 amide bonds. The van der Waals surface area contributed by atoms with Crippen molar-refractivity contribution in [3.63, 3.8) is 0 Å². The van der Waals surface area contributed by atoms with Gasteiger partial charge in [0.15, 0.2) is 0 Å². The summed E-state index contributed by atoms with van der Waals surface area (Å²) in [5.74, 6) is -0.964. The first-order valence-electron chi connectivity index (χ1n) is 7.12. The Kier molecular flexibility index (Phi) is 4.17. The summed E-state index contributed by atoms with van der Waals surface area (Å²) in [6.07, 6.45) is 0.885. The molecular weight excluding hydrogens is 276 g/mol. The molecule has 0 spiro atoms. The highest BCUT2D eigenvalue weighted by Gasteiger charge is 2.50. The van der Waals surface area contributed by atoms with E-state index in [-0.39, 0.29) is 36.8 Å². The fourth-order valence-corrected chi connectivity index (χ4v) is 2.97. The van der Waals surface area contributed by atoms with Gasteiger partial charge in [0.1, 0.15) is 5.41 Å². The molecule has 1 aliphatic carbocycles. The van der Waals surface area contributed by atoms with Gasteiger partial charge in [0.25, 0.3) is 0 Å². The quantitative estimate of drug-likeness (QED) is 0.706. The summed E-state index contributed by atoms with van der Waals surface area (Å²) in [7, 11) is 1.66. The van der Waals surface area contributed by atoms with Gasteiger partial charge in [-0.2, -0.15) is 0 Å². The van der Waals surface area contributed by atoms with Gasteiger partial charge in [-0.3, -0.25) is 4.79 Å². The molecule has 1 saturated heterocycles. The number of rotatable bonds is 4. The maximum atomic E-state index is 12.1. The number of carboxylic acid groups (broad SMARTS) is 1. The van der Waals surface area contributed by atoms with Crippen LogP contribution in [0.4, 0.5) is 4.79 Å². The largest absolute Gasteiger partial charge is 0.481 e. The van der Waals surface area contributed by atoms with E-state index in [1.54, 1.807) is 14.0 Å². The number of carbonyl (C=O) groups is 2. The SMILES string of the molecule is COC1CC(NC(=O)NC2COCC2(C)C(=O)O)C1(C)C. The average molecular weight is 300 g/mol. The number of hydrogen-bond acceptors (Lipinski definition) is 4. The average Bonchev–Trinajstić information content (AvgIpc) is 2.77. The van der Waals surface area contributed by atoms with Crippen molar-refractivity contribution in [1.82, 2.24) is 10.6 Å². The third-order valence-electron chi connectivity index (χ3n) is 5.02. The molecule has 7 nitrogen and oxygen atoms in total. The van der Waals surface area contributed by atoms with E-state index in [2.05, 4.69) is 10.6 Å². The number of methoxy groups -OCH3 is 1. The Labute approximate surface area is 124 Å². The Bertz CT molecular complexity index is 439. The molecule has 0 aromatic carbocycles. The zero-order valence-electron chi connectivity index (χ0n) is 12.9. The highest BCUT2D eigenvalue weighted by Crippen LogP contribution is 2.42. The van der Waals surface area contributed by atoms with Crippen LogP contribution in [-0.4, -0.2) is 55.6 Å².